The van der Waals surface area contributed by atoms with Crippen LogP contribution < -0.4 is 5.73 Å². The van der Waals surface area contributed by atoms with Gasteiger partial charge in [-0.05, 0) is 19.1 Å². The second kappa shape index (κ2) is 2.54. The lowest BCUT2D eigenvalue weighted by atomic mass is 10.1. The lowest BCUT2D eigenvalue weighted by molar-refractivity contribution is 1.02. The first-order valence-corrected chi connectivity index (χ1v) is 3.61. The molecule has 1 nitrogen and oxygen atoms in total. The van der Waals surface area contributed by atoms with Crippen LogP contribution in [-0.4, -0.2) is 4.75 Å². The summed E-state index contributed by atoms with van der Waals surface area (Å²) in [7, 11) is 0. The maximum atomic E-state index is 5.54. The molecule has 0 aromatic rings. The molecule has 0 fully saturated rings. The molecule has 2 heteroatoms. The Morgan fingerprint density at radius 2 is 2.20 bits per heavy atom. The van der Waals surface area contributed by atoms with E-state index in [0.29, 0.717) is 0 Å². The molecule has 1 unspecified atom stereocenters. The maximum Gasteiger partial charge on any atom is 0.0467 e. The van der Waals surface area contributed by atoms with Gasteiger partial charge in [0.2, 0.25) is 0 Å². The van der Waals surface area contributed by atoms with E-state index in [0.717, 1.165) is 5.70 Å². The quantitative estimate of drug-likeness (QED) is 0.508. The molecule has 0 bridgehead atoms. The number of nitrogens with two attached hydrogens (primary N) is 1. The van der Waals surface area contributed by atoms with Crippen LogP contribution in [0.1, 0.15) is 6.92 Å². The molecule has 0 aromatic heterocycles. The van der Waals surface area contributed by atoms with Gasteiger partial charge < -0.3 is 5.73 Å². The normalized spacial score (nSPS) is 31.6. The molecule has 0 aromatic carbocycles. The first kappa shape index (κ1) is 7.48. The minimum absolute atomic E-state index is 0.155. The largest absolute Gasteiger partial charge is 0.399 e. The van der Waals surface area contributed by atoms with Crippen LogP contribution in [0.15, 0.2) is 36.1 Å². The lowest BCUT2D eigenvalue weighted by Crippen LogP contribution is -2.06. The second-order valence-electron chi connectivity index (χ2n) is 2.58. The Morgan fingerprint density at radius 1 is 1.50 bits per heavy atom. The molecule has 1 aliphatic rings. The molecule has 0 spiro atoms. The van der Waals surface area contributed by atoms with Gasteiger partial charge in [0, 0.05) is 10.4 Å². The molecule has 2 N–H and O–H groups in total. The topological polar surface area (TPSA) is 26.0 Å². The van der Waals surface area contributed by atoms with Crippen LogP contribution in [0.5, 0.6) is 0 Å². The third-order valence-corrected chi connectivity index (χ3v) is 1.63. The Balaban J connectivity index is 2.88. The van der Waals surface area contributed by atoms with Crippen molar-refractivity contribution < 1.29 is 0 Å². The molecule has 0 saturated carbocycles. The van der Waals surface area contributed by atoms with Crippen LogP contribution >= 0.6 is 12.6 Å². The summed E-state index contributed by atoms with van der Waals surface area (Å²) < 4.78 is -0.155. The molecule has 1 aliphatic carbocycles. The van der Waals surface area contributed by atoms with Crippen molar-refractivity contribution in [2.45, 2.75) is 11.7 Å². The average Bonchev–Trinajstić information content (AvgIpc) is 1.94. The van der Waals surface area contributed by atoms with Crippen LogP contribution in [0, 0.1) is 0 Å². The monoisotopic (exact) mass is 153 g/mol. The molecule has 10 heavy (non-hydrogen) atoms. The zero-order valence-corrected chi connectivity index (χ0v) is 6.81. The fraction of sp³-hybridized carbons (Fsp3) is 0.250. The van der Waals surface area contributed by atoms with Crippen LogP contribution in [0.3, 0.4) is 0 Å². The Hall–Kier alpha value is -0.630. The van der Waals surface area contributed by atoms with Gasteiger partial charge in [0.1, 0.15) is 0 Å². The predicted octanol–water partition coefficient (Wildman–Crippen LogP) is 1.64. The van der Waals surface area contributed by atoms with E-state index >= 15 is 0 Å². The van der Waals surface area contributed by atoms with Gasteiger partial charge in [-0.1, -0.05) is 18.2 Å². The summed E-state index contributed by atoms with van der Waals surface area (Å²) in [4.78, 5) is 0. The van der Waals surface area contributed by atoms with Gasteiger partial charge in [0.25, 0.3) is 0 Å². The van der Waals surface area contributed by atoms with Crippen molar-refractivity contribution in [3.8, 4) is 0 Å². The van der Waals surface area contributed by atoms with Gasteiger partial charge in [0.05, 0.1) is 0 Å². The van der Waals surface area contributed by atoms with E-state index in [-0.39, 0.29) is 4.75 Å². The van der Waals surface area contributed by atoms with Crippen molar-refractivity contribution in [2.24, 2.45) is 5.73 Å². The van der Waals surface area contributed by atoms with Crippen molar-refractivity contribution in [3.63, 3.8) is 0 Å². The predicted molar refractivity (Wildman–Crippen MR) is 47.9 cm³/mol. The maximum absolute atomic E-state index is 5.54. The lowest BCUT2D eigenvalue weighted by Gasteiger charge is -2.10. The highest BCUT2D eigenvalue weighted by atomic mass is 32.1. The molecule has 0 saturated heterocycles. The van der Waals surface area contributed by atoms with Gasteiger partial charge in [-0.2, -0.15) is 12.6 Å². The first-order valence-electron chi connectivity index (χ1n) is 3.17. The summed E-state index contributed by atoms with van der Waals surface area (Å²) in [5.74, 6) is 0. The summed E-state index contributed by atoms with van der Waals surface area (Å²) in [6.45, 7) is 2.01. The summed E-state index contributed by atoms with van der Waals surface area (Å²) in [6, 6.07) is 0. The molecule has 0 heterocycles. The van der Waals surface area contributed by atoms with Gasteiger partial charge in [-0.25, -0.2) is 0 Å². The summed E-state index contributed by atoms with van der Waals surface area (Å²) >= 11 is 4.36. The van der Waals surface area contributed by atoms with Gasteiger partial charge in [-0.15, -0.1) is 0 Å². The van der Waals surface area contributed by atoms with Crippen LogP contribution in [0.2, 0.25) is 0 Å². The SMILES string of the molecule is CC1(S)C=CC=C(N)C=C1. The molecular weight excluding hydrogens is 142 g/mol. The molecule has 1 atom stereocenters. The van der Waals surface area contributed by atoms with Gasteiger partial charge in [-0.3, -0.25) is 0 Å². The van der Waals surface area contributed by atoms with Crippen molar-refractivity contribution in [1.29, 1.82) is 0 Å². The van der Waals surface area contributed by atoms with Crippen molar-refractivity contribution in [1.82, 2.24) is 0 Å². The highest BCUT2D eigenvalue weighted by molar-refractivity contribution is 7.82. The minimum atomic E-state index is -0.155. The zero-order valence-electron chi connectivity index (χ0n) is 5.91. The Morgan fingerprint density at radius 3 is 2.90 bits per heavy atom. The number of rotatable bonds is 0. The molecule has 0 radical (unpaired) electrons. The Bertz CT molecular complexity index is 211. The first-order chi connectivity index (χ1) is 4.60. The van der Waals surface area contributed by atoms with E-state index in [1.807, 2.05) is 37.3 Å². The van der Waals surface area contributed by atoms with Gasteiger partial charge in [0.15, 0.2) is 0 Å². The minimum Gasteiger partial charge on any atom is -0.399 e. The zero-order chi connectivity index (χ0) is 7.61. The van der Waals surface area contributed by atoms with Crippen molar-refractivity contribution in [3.05, 3.63) is 36.1 Å². The fourth-order valence-electron chi connectivity index (χ4n) is 0.730. The molecule has 0 aliphatic heterocycles. The third-order valence-electron chi connectivity index (χ3n) is 1.34. The van der Waals surface area contributed by atoms with Crippen LogP contribution in [0.25, 0.3) is 0 Å². The smallest absolute Gasteiger partial charge is 0.0467 e. The fourth-order valence-corrected chi connectivity index (χ4v) is 0.891. The van der Waals surface area contributed by atoms with Gasteiger partial charge >= 0.3 is 0 Å². The highest BCUT2D eigenvalue weighted by Gasteiger charge is 2.10. The standard InChI is InChI=1S/C8H11NS/c1-8(10)5-2-3-7(9)4-6-8/h2-6,10H,9H2,1H3. The summed E-state index contributed by atoms with van der Waals surface area (Å²) in [5.41, 5.74) is 6.32. The number of hydrogen-bond acceptors (Lipinski definition) is 2. The average molecular weight is 153 g/mol. The molecular formula is C8H11NS. The van der Waals surface area contributed by atoms with Crippen LogP contribution in [0.4, 0.5) is 0 Å². The summed E-state index contributed by atoms with van der Waals surface area (Å²) in [5, 5.41) is 0. The van der Waals surface area contributed by atoms with E-state index in [1.165, 1.54) is 0 Å². The van der Waals surface area contributed by atoms with E-state index in [2.05, 4.69) is 12.6 Å². The van der Waals surface area contributed by atoms with Crippen molar-refractivity contribution >= 4 is 12.6 Å². The van der Waals surface area contributed by atoms with E-state index in [4.69, 9.17) is 5.73 Å². The second-order valence-corrected chi connectivity index (χ2v) is 3.55. The van der Waals surface area contributed by atoms with Crippen molar-refractivity contribution in [2.75, 3.05) is 0 Å². The Kier molecular flexibility index (Phi) is 1.90. The number of thiol groups is 1. The third kappa shape index (κ3) is 1.95. The molecule has 54 valence electrons. The Labute approximate surface area is 66.7 Å². The van der Waals surface area contributed by atoms with Crippen LogP contribution in [-0.2, 0) is 0 Å². The summed E-state index contributed by atoms with van der Waals surface area (Å²) in [6.07, 6.45) is 9.60. The number of hydrogen-bond donors (Lipinski definition) is 2. The van der Waals surface area contributed by atoms with E-state index in [1.54, 1.807) is 0 Å². The van der Waals surface area contributed by atoms with E-state index < -0.39 is 0 Å². The van der Waals surface area contributed by atoms with E-state index in [9.17, 15) is 0 Å². The highest BCUT2D eigenvalue weighted by Crippen LogP contribution is 2.19. The molecule has 1 rings (SSSR count). The molecule has 0 amide bonds. The number of allylic oxidation sites excluding steroid dienone is 3.